The smallest absolute Gasteiger partial charge is 0.218 e. The normalized spacial score (nSPS) is 11.2. The maximum atomic E-state index is 5.75. The van der Waals surface area contributed by atoms with E-state index in [4.69, 9.17) is 4.74 Å². The van der Waals surface area contributed by atoms with Crippen LogP contribution in [0.15, 0.2) is 6.07 Å². The van der Waals surface area contributed by atoms with Crippen LogP contribution < -0.4 is 10.1 Å². The van der Waals surface area contributed by atoms with E-state index in [-0.39, 0.29) is 5.92 Å². The van der Waals surface area contributed by atoms with E-state index < -0.39 is 0 Å². The number of anilines is 1. The second-order valence-electron chi connectivity index (χ2n) is 5.76. The van der Waals surface area contributed by atoms with Crippen molar-refractivity contribution in [2.24, 2.45) is 0 Å². The molecule has 5 nitrogen and oxygen atoms in total. The number of unbranched alkanes of at least 4 members (excludes halogenated alkanes) is 1. The van der Waals surface area contributed by atoms with Gasteiger partial charge in [0, 0.05) is 25.1 Å². The van der Waals surface area contributed by atoms with Gasteiger partial charge < -0.3 is 15.0 Å². The van der Waals surface area contributed by atoms with Crippen LogP contribution in [0.4, 0.5) is 5.82 Å². The molecule has 22 heavy (non-hydrogen) atoms. The quantitative estimate of drug-likeness (QED) is 0.634. The van der Waals surface area contributed by atoms with Crippen LogP contribution in [0.5, 0.6) is 5.88 Å². The average Bonchev–Trinajstić information content (AvgIpc) is 2.51. The van der Waals surface area contributed by atoms with Gasteiger partial charge in [-0.2, -0.15) is 4.98 Å². The van der Waals surface area contributed by atoms with Crippen LogP contribution >= 0.6 is 0 Å². The lowest BCUT2D eigenvalue weighted by molar-refractivity contribution is 0.296. The zero-order chi connectivity index (χ0) is 16.4. The standard InChI is InChI=1S/C17H32N4O/c1-6-9-12-22-16-13-15(19-17(20-16)14(4)5)18-10-11-21(7-2)8-3/h13-14H,6-12H2,1-5H3,(H,18,19,20). The first-order chi connectivity index (χ1) is 10.6. The van der Waals surface area contributed by atoms with Crippen LogP contribution in [0.2, 0.25) is 0 Å². The summed E-state index contributed by atoms with van der Waals surface area (Å²) < 4.78 is 5.75. The fourth-order valence-corrected chi connectivity index (χ4v) is 2.07. The number of hydrogen-bond acceptors (Lipinski definition) is 5. The minimum absolute atomic E-state index is 0.290. The molecular formula is C17H32N4O. The van der Waals surface area contributed by atoms with E-state index in [0.29, 0.717) is 12.5 Å². The van der Waals surface area contributed by atoms with Crippen LogP contribution in [0.25, 0.3) is 0 Å². The van der Waals surface area contributed by atoms with Gasteiger partial charge in [-0.1, -0.05) is 41.0 Å². The number of nitrogens with one attached hydrogen (secondary N) is 1. The van der Waals surface area contributed by atoms with Gasteiger partial charge in [-0.3, -0.25) is 0 Å². The summed E-state index contributed by atoms with van der Waals surface area (Å²) in [6.07, 6.45) is 2.17. The summed E-state index contributed by atoms with van der Waals surface area (Å²) in [6.45, 7) is 15.5. The van der Waals surface area contributed by atoms with Crippen molar-refractivity contribution >= 4 is 5.82 Å². The minimum atomic E-state index is 0.290. The molecule has 0 aliphatic carbocycles. The van der Waals surface area contributed by atoms with Crippen molar-refractivity contribution in [3.05, 3.63) is 11.9 Å². The molecule has 0 radical (unpaired) electrons. The highest BCUT2D eigenvalue weighted by Gasteiger charge is 2.09. The highest BCUT2D eigenvalue weighted by Crippen LogP contribution is 2.18. The number of nitrogens with zero attached hydrogens (tertiary/aromatic N) is 3. The molecule has 1 N–H and O–H groups in total. The minimum Gasteiger partial charge on any atom is -0.478 e. The Hall–Kier alpha value is -1.36. The van der Waals surface area contributed by atoms with Crippen LogP contribution in [0.1, 0.15) is 59.2 Å². The van der Waals surface area contributed by atoms with E-state index in [1.165, 1.54) is 0 Å². The van der Waals surface area contributed by atoms with Gasteiger partial charge in [-0.05, 0) is 19.5 Å². The van der Waals surface area contributed by atoms with E-state index in [1.54, 1.807) is 0 Å². The van der Waals surface area contributed by atoms with Gasteiger partial charge in [0.05, 0.1) is 6.61 Å². The molecule has 126 valence electrons. The monoisotopic (exact) mass is 308 g/mol. The molecule has 1 rings (SSSR count). The Labute approximate surface area is 135 Å². The lowest BCUT2D eigenvalue weighted by Crippen LogP contribution is -2.28. The van der Waals surface area contributed by atoms with Gasteiger partial charge >= 0.3 is 0 Å². The third-order valence-electron chi connectivity index (χ3n) is 3.61. The van der Waals surface area contributed by atoms with E-state index in [1.807, 2.05) is 6.07 Å². The first-order valence-electron chi connectivity index (χ1n) is 8.58. The van der Waals surface area contributed by atoms with Crippen LogP contribution in [0, 0.1) is 0 Å². The molecule has 1 aromatic heterocycles. The summed E-state index contributed by atoms with van der Waals surface area (Å²) in [5, 5.41) is 3.40. The summed E-state index contributed by atoms with van der Waals surface area (Å²) in [5.74, 6) is 2.66. The molecule has 0 aliphatic heterocycles. The third-order valence-corrected chi connectivity index (χ3v) is 3.61. The van der Waals surface area contributed by atoms with Crippen molar-refractivity contribution in [1.82, 2.24) is 14.9 Å². The number of rotatable bonds is 11. The van der Waals surface area contributed by atoms with Crippen LogP contribution in [-0.2, 0) is 0 Å². The maximum absolute atomic E-state index is 5.75. The average molecular weight is 308 g/mol. The number of aromatic nitrogens is 2. The summed E-state index contributed by atoms with van der Waals surface area (Å²) in [4.78, 5) is 11.5. The topological polar surface area (TPSA) is 50.3 Å². The highest BCUT2D eigenvalue weighted by molar-refractivity contribution is 5.38. The third kappa shape index (κ3) is 6.60. The van der Waals surface area contributed by atoms with Crippen molar-refractivity contribution in [2.45, 2.75) is 53.4 Å². The molecule has 1 heterocycles. The number of ether oxygens (including phenoxy) is 1. The lowest BCUT2D eigenvalue weighted by Gasteiger charge is -2.18. The van der Waals surface area contributed by atoms with Gasteiger partial charge in [0.2, 0.25) is 5.88 Å². The molecule has 0 aromatic carbocycles. The van der Waals surface area contributed by atoms with Crippen molar-refractivity contribution in [3.8, 4) is 5.88 Å². The predicted octanol–water partition coefficient (Wildman–Crippen LogP) is 3.53. The maximum Gasteiger partial charge on any atom is 0.218 e. The Morgan fingerprint density at radius 3 is 2.50 bits per heavy atom. The van der Waals surface area contributed by atoms with Gasteiger partial charge in [0.1, 0.15) is 11.6 Å². The van der Waals surface area contributed by atoms with Crippen molar-refractivity contribution in [1.29, 1.82) is 0 Å². The lowest BCUT2D eigenvalue weighted by atomic mass is 10.2. The highest BCUT2D eigenvalue weighted by atomic mass is 16.5. The fourth-order valence-electron chi connectivity index (χ4n) is 2.07. The Bertz CT molecular complexity index is 419. The molecule has 0 spiro atoms. The molecule has 1 aromatic rings. The Balaban J connectivity index is 2.67. The summed E-state index contributed by atoms with van der Waals surface area (Å²) in [6, 6.07) is 1.91. The van der Waals surface area contributed by atoms with E-state index >= 15 is 0 Å². The summed E-state index contributed by atoms with van der Waals surface area (Å²) in [5.41, 5.74) is 0. The largest absolute Gasteiger partial charge is 0.478 e. The SMILES string of the molecule is CCCCOc1cc(NCCN(CC)CC)nc(C(C)C)n1. The van der Waals surface area contributed by atoms with Gasteiger partial charge in [-0.15, -0.1) is 0 Å². The second-order valence-corrected chi connectivity index (χ2v) is 5.76. The molecule has 0 fully saturated rings. The first-order valence-corrected chi connectivity index (χ1v) is 8.58. The molecule has 0 unspecified atom stereocenters. The molecule has 0 atom stereocenters. The predicted molar refractivity (Wildman–Crippen MR) is 92.8 cm³/mol. The molecule has 0 bridgehead atoms. The molecule has 0 aliphatic rings. The first kappa shape index (κ1) is 18.7. The number of hydrogen-bond donors (Lipinski definition) is 1. The van der Waals surface area contributed by atoms with E-state index in [0.717, 1.165) is 50.7 Å². The fraction of sp³-hybridized carbons (Fsp3) is 0.765. The molecule has 0 saturated carbocycles. The Morgan fingerprint density at radius 2 is 1.91 bits per heavy atom. The van der Waals surface area contributed by atoms with Crippen molar-refractivity contribution in [3.63, 3.8) is 0 Å². The van der Waals surface area contributed by atoms with Gasteiger partial charge in [-0.25, -0.2) is 4.98 Å². The summed E-state index contributed by atoms with van der Waals surface area (Å²) >= 11 is 0. The van der Waals surface area contributed by atoms with Crippen LogP contribution in [-0.4, -0.2) is 47.7 Å². The Kier molecular flexibility index (Phi) is 8.82. The zero-order valence-corrected chi connectivity index (χ0v) is 14.9. The molecule has 5 heteroatoms. The summed E-state index contributed by atoms with van der Waals surface area (Å²) in [7, 11) is 0. The van der Waals surface area contributed by atoms with E-state index in [2.05, 4.69) is 54.8 Å². The van der Waals surface area contributed by atoms with Crippen molar-refractivity contribution in [2.75, 3.05) is 38.1 Å². The van der Waals surface area contributed by atoms with Crippen LogP contribution in [0.3, 0.4) is 0 Å². The second kappa shape index (κ2) is 10.4. The molecule has 0 amide bonds. The van der Waals surface area contributed by atoms with E-state index in [9.17, 15) is 0 Å². The zero-order valence-electron chi connectivity index (χ0n) is 14.9. The van der Waals surface area contributed by atoms with Crippen molar-refractivity contribution < 1.29 is 4.74 Å². The Morgan fingerprint density at radius 1 is 1.18 bits per heavy atom. The van der Waals surface area contributed by atoms with Gasteiger partial charge in [0.25, 0.3) is 0 Å². The number of likely N-dealkylation sites (N-methyl/N-ethyl adjacent to an activating group) is 1. The molecule has 0 saturated heterocycles. The van der Waals surface area contributed by atoms with Gasteiger partial charge in [0.15, 0.2) is 0 Å². The molecular weight excluding hydrogens is 276 g/mol.